The lowest BCUT2D eigenvalue weighted by Crippen LogP contribution is -2.35. The minimum atomic E-state index is -2.19. The van der Waals surface area contributed by atoms with E-state index in [1.807, 2.05) is 48.5 Å². The number of rotatable bonds is 7. The molecular formula is C32H26OP+. The maximum Gasteiger partial charge on any atom is 0.201 e. The average molecular weight is 458 g/mol. The summed E-state index contributed by atoms with van der Waals surface area (Å²) in [4.78, 5) is 13.9. The van der Waals surface area contributed by atoms with Gasteiger partial charge in [0.1, 0.15) is 29.3 Å². The molecule has 0 amide bonds. The van der Waals surface area contributed by atoms with Crippen LogP contribution in [0.2, 0.25) is 0 Å². The van der Waals surface area contributed by atoms with Gasteiger partial charge in [0.25, 0.3) is 0 Å². The summed E-state index contributed by atoms with van der Waals surface area (Å²) < 4.78 is 0. The lowest BCUT2D eigenvalue weighted by molar-refractivity contribution is 0.102. The van der Waals surface area contributed by atoms with E-state index in [-0.39, 0.29) is 5.78 Å². The zero-order valence-electron chi connectivity index (χ0n) is 18.9. The number of carbonyl (C=O) groups excluding carboxylic acids is 1. The number of ketones is 1. The predicted octanol–water partition coefficient (Wildman–Crippen LogP) is 6.53. The van der Waals surface area contributed by atoms with E-state index in [0.29, 0.717) is 6.16 Å². The van der Waals surface area contributed by atoms with Gasteiger partial charge in [0.05, 0.1) is 0 Å². The molecule has 0 aliphatic heterocycles. The second-order valence-electron chi connectivity index (χ2n) is 8.34. The largest absolute Gasteiger partial charge is 0.290 e. The lowest BCUT2D eigenvalue weighted by Gasteiger charge is -2.27. The van der Waals surface area contributed by atoms with Crippen LogP contribution >= 0.6 is 7.26 Å². The molecule has 164 valence electrons. The van der Waals surface area contributed by atoms with Gasteiger partial charge < -0.3 is 0 Å². The van der Waals surface area contributed by atoms with Gasteiger partial charge in [-0.3, -0.25) is 4.79 Å². The van der Waals surface area contributed by atoms with Crippen molar-refractivity contribution in [1.29, 1.82) is 0 Å². The molecule has 0 spiro atoms. The molecule has 0 aliphatic rings. The van der Waals surface area contributed by atoms with E-state index < -0.39 is 7.26 Å². The predicted molar refractivity (Wildman–Crippen MR) is 146 cm³/mol. The molecular weight excluding hydrogens is 431 g/mol. The molecule has 0 bridgehead atoms. The molecule has 5 aromatic rings. The number of hydrogen-bond acceptors (Lipinski definition) is 1. The van der Waals surface area contributed by atoms with Gasteiger partial charge in [0.2, 0.25) is 5.78 Å². The fourth-order valence-corrected chi connectivity index (χ4v) is 8.65. The Balaban J connectivity index is 1.59. The van der Waals surface area contributed by atoms with Gasteiger partial charge >= 0.3 is 0 Å². The van der Waals surface area contributed by atoms with E-state index in [1.165, 1.54) is 15.9 Å². The topological polar surface area (TPSA) is 17.1 Å². The second kappa shape index (κ2) is 10.00. The Labute approximate surface area is 202 Å². The SMILES string of the molecule is O=C(C[P+](c1ccccc1)(c1ccccc1)c1ccccc1)c1ccc(-c2ccccc2)cc1. The van der Waals surface area contributed by atoms with Crippen molar-refractivity contribution >= 4 is 29.0 Å². The van der Waals surface area contributed by atoms with Crippen molar-refractivity contribution in [2.45, 2.75) is 0 Å². The van der Waals surface area contributed by atoms with Gasteiger partial charge in [-0.25, -0.2) is 0 Å². The van der Waals surface area contributed by atoms with Gasteiger partial charge in [0.15, 0.2) is 0 Å². The summed E-state index contributed by atoms with van der Waals surface area (Å²) in [6, 6.07) is 50.0. The van der Waals surface area contributed by atoms with Crippen LogP contribution in [0, 0.1) is 0 Å². The molecule has 1 nitrogen and oxygen atoms in total. The Morgan fingerprint density at radius 2 is 0.794 bits per heavy atom. The normalized spacial score (nSPS) is 11.2. The van der Waals surface area contributed by atoms with E-state index in [1.54, 1.807) is 0 Å². The first-order valence-electron chi connectivity index (χ1n) is 11.5. The smallest absolute Gasteiger partial charge is 0.201 e. The molecule has 0 saturated carbocycles. The number of benzene rings is 5. The zero-order valence-corrected chi connectivity index (χ0v) is 19.8. The second-order valence-corrected chi connectivity index (χ2v) is 11.8. The van der Waals surface area contributed by atoms with Gasteiger partial charge in [-0.05, 0) is 47.5 Å². The molecule has 5 aromatic carbocycles. The Kier molecular flexibility index (Phi) is 6.47. The third-order valence-corrected chi connectivity index (χ3v) is 10.6. The highest BCUT2D eigenvalue weighted by Crippen LogP contribution is 2.55. The summed E-state index contributed by atoms with van der Waals surface area (Å²) in [6.07, 6.45) is 0.454. The van der Waals surface area contributed by atoms with Gasteiger partial charge in [-0.2, -0.15) is 0 Å². The summed E-state index contributed by atoms with van der Waals surface area (Å²) in [7, 11) is -2.19. The minimum absolute atomic E-state index is 0.171. The summed E-state index contributed by atoms with van der Waals surface area (Å²) in [5.74, 6) is 0.171. The molecule has 0 atom stereocenters. The third-order valence-electron chi connectivity index (χ3n) is 6.29. The molecule has 2 heteroatoms. The van der Waals surface area contributed by atoms with Crippen LogP contribution in [0.3, 0.4) is 0 Å². The van der Waals surface area contributed by atoms with Gasteiger partial charge in [0, 0.05) is 5.56 Å². The highest BCUT2D eigenvalue weighted by Gasteiger charge is 2.47. The minimum Gasteiger partial charge on any atom is -0.290 e. The van der Waals surface area contributed by atoms with Crippen LogP contribution in [0.15, 0.2) is 146 Å². The zero-order chi connectivity index (χ0) is 23.2. The maximum atomic E-state index is 13.9. The summed E-state index contributed by atoms with van der Waals surface area (Å²) in [5, 5.41) is 3.67. The Hall–Kier alpha value is -3.80. The molecule has 0 aliphatic carbocycles. The fraction of sp³-hybridized carbons (Fsp3) is 0.0312. The fourth-order valence-electron chi connectivity index (χ4n) is 4.55. The Morgan fingerprint density at radius 3 is 1.21 bits per heavy atom. The Bertz CT molecular complexity index is 1250. The highest BCUT2D eigenvalue weighted by atomic mass is 31.2. The first-order chi connectivity index (χ1) is 16.8. The van der Waals surface area contributed by atoms with E-state index in [9.17, 15) is 4.79 Å². The van der Waals surface area contributed by atoms with Crippen LogP contribution in [0.4, 0.5) is 0 Å². The molecule has 0 saturated heterocycles. The molecule has 0 fully saturated rings. The van der Waals surface area contributed by atoms with E-state index >= 15 is 0 Å². The van der Waals surface area contributed by atoms with Gasteiger partial charge in [-0.1, -0.05) is 109 Å². The summed E-state index contributed by atoms with van der Waals surface area (Å²) >= 11 is 0. The molecule has 34 heavy (non-hydrogen) atoms. The molecule has 5 rings (SSSR count). The van der Waals surface area contributed by atoms with E-state index in [2.05, 4.69) is 97.1 Å². The number of Topliss-reactive ketones (excluding diaryl/α,β-unsaturated/α-hetero) is 1. The lowest BCUT2D eigenvalue weighted by atomic mass is 10.0. The van der Waals surface area contributed by atoms with Crippen molar-refractivity contribution in [2.75, 3.05) is 6.16 Å². The summed E-state index contributed by atoms with van der Waals surface area (Å²) in [6.45, 7) is 0. The molecule has 0 unspecified atom stereocenters. The van der Waals surface area contributed by atoms with Crippen molar-refractivity contribution in [2.24, 2.45) is 0 Å². The number of carbonyl (C=O) groups is 1. The first-order valence-corrected chi connectivity index (χ1v) is 13.5. The van der Waals surface area contributed by atoms with Crippen LogP contribution in [0.5, 0.6) is 0 Å². The van der Waals surface area contributed by atoms with Crippen molar-refractivity contribution in [3.8, 4) is 11.1 Å². The standard InChI is InChI=1S/C32H26OP/c33-32(28-23-21-27(22-24-28)26-13-5-1-6-14-26)25-34(29-15-7-2-8-16-29,30-17-9-3-10-18-30)31-19-11-4-12-20-31/h1-24H,25H2/q+1. The molecule has 0 aromatic heterocycles. The summed E-state index contributed by atoms with van der Waals surface area (Å²) in [5.41, 5.74) is 3.03. The van der Waals surface area contributed by atoms with Crippen molar-refractivity contribution < 1.29 is 4.79 Å². The van der Waals surface area contributed by atoms with Crippen molar-refractivity contribution in [1.82, 2.24) is 0 Å². The number of hydrogen-bond donors (Lipinski definition) is 0. The van der Waals surface area contributed by atoms with Crippen LogP contribution in [-0.4, -0.2) is 11.9 Å². The van der Waals surface area contributed by atoms with Crippen molar-refractivity contribution in [3.05, 3.63) is 151 Å². The van der Waals surface area contributed by atoms with Crippen LogP contribution in [0.25, 0.3) is 11.1 Å². The highest BCUT2D eigenvalue weighted by molar-refractivity contribution is 7.96. The first kappa shape index (κ1) is 22.0. The van der Waals surface area contributed by atoms with E-state index in [0.717, 1.165) is 16.7 Å². The average Bonchev–Trinajstić information content (AvgIpc) is 2.94. The molecule has 0 radical (unpaired) electrons. The van der Waals surface area contributed by atoms with Crippen LogP contribution in [0.1, 0.15) is 10.4 Å². The third kappa shape index (κ3) is 4.36. The van der Waals surface area contributed by atoms with Crippen molar-refractivity contribution in [3.63, 3.8) is 0 Å². The Morgan fingerprint density at radius 1 is 0.441 bits per heavy atom. The van der Waals surface area contributed by atoms with Gasteiger partial charge in [-0.15, -0.1) is 0 Å². The van der Waals surface area contributed by atoms with Crippen LogP contribution < -0.4 is 15.9 Å². The maximum absolute atomic E-state index is 13.9. The van der Waals surface area contributed by atoms with Crippen LogP contribution in [-0.2, 0) is 0 Å². The molecule has 0 heterocycles. The monoisotopic (exact) mass is 457 g/mol. The quantitative estimate of drug-likeness (QED) is 0.201. The van der Waals surface area contributed by atoms with E-state index in [4.69, 9.17) is 0 Å². The molecule has 0 N–H and O–H groups in total.